The molecule has 25 heavy (non-hydrogen) atoms. The van der Waals surface area contributed by atoms with Crippen molar-refractivity contribution in [2.24, 2.45) is 5.92 Å². The highest BCUT2D eigenvalue weighted by molar-refractivity contribution is 5.88. The monoisotopic (exact) mass is 348 g/mol. The van der Waals surface area contributed by atoms with Gasteiger partial charge in [0, 0.05) is 5.57 Å². The third kappa shape index (κ3) is 5.05. The summed E-state index contributed by atoms with van der Waals surface area (Å²) < 4.78 is 10.7. The van der Waals surface area contributed by atoms with E-state index in [2.05, 4.69) is 32.9 Å². The second-order valence-electron chi connectivity index (χ2n) is 7.71. The molecule has 1 fully saturated rings. The average molecular weight is 348 g/mol. The number of aliphatic hydroxyl groups is 1. The summed E-state index contributed by atoms with van der Waals surface area (Å²) in [4.78, 5) is 12.1. The Balaban J connectivity index is 2.28. The molecule has 4 heteroatoms. The van der Waals surface area contributed by atoms with Gasteiger partial charge in [0.05, 0.1) is 19.3 Å². The Kier molecular flexibility index (Phi) is 6.64. The van der Waals surface area contributed by atoms with Crippen molar-refractivity contribution >= 4 is 5.97 Å². The second-order valence-corrected chi connectivity index (χ2v) is 7.71. The Hall–Kier alpha value is -1.39. The predicted octanol–water partition coefficient (Wildman–Crippen LogP) is 4.10. The molecule has 3 atom stereocenters. The molecule has 0 saturated carbocycles. The summed E-state index contributed by atoms with van der Waals surface area (Å²) in [6.07, 6.45) is 9.42. The minimum absolute atomic E-state index is 0.0132. The van der Waals surface area contributed by atoms with Gasteiger partial charge in [-0.05, 0) is 51.9 Å². The zero-order valence-electron chi connectivity index (χ0n) is 16.2. The van der Waals surface area contributed by atoms with Crippen molar-refractivity contribution in [1.29, 1.82) is 0 Å². The van der Waals surface area contributed by atoms with Crippen molar-refractivity contribution in [3.05, 3.63) is 34.9 Å². The van der Waals surface area contributed by atoms with Gasteiger partial charge in [-0.15, -0.1) is 0 Å². The normalized spacial score (nSPS) is 37.5. The highest BCUT2D eigenvalue weighted by atomic mass is 16.6. The number of hydrogen-bond donors (Lipinski definition) is 1. The van der Waals surface area contributed by atoms with E-state index in [1.165, 1.54) is 18.3 Å². The van der Waals surface area contributed by atoms with Crippen LogP contribution >= 0.6 is 0 Å². The van der Waals surface area contributed by atoms with Gasteiger partial charge in [-0.25, -0.2) is 4.79 Å². The number of carbonyl (C=O) groups is 1. The zero-order chi connectivity index (χ0) is 18.6. The van der Waals surface area contributed by atoms with E-state index in [1.54, 1.807) is 0 Å². The summed E-state index contributed by atoms with van der Waals surface area (Å²) in [5.41, 5.74) is 2.76. The maximum atomic E-state index is 12.1. The highest BCUT2D eigenvalue weighted by Crippen LogP contribution is 2.44. The Bertz CT molecular complexity index is 585. The van der Waals surface area contributed by atoms with Crippen molar-refractivity contribution < 1.29 is 19.4 Å². The van der Waals surface area contributed by atoms with E-state index in [0.29, 0.717) is 30.8 Å². The molecule has 0 unspecified atom stereocenters. The zero-order valence-corrected chi connectivity index (χ0v) is 16.2. The quantitative estimate of drug-likeness (QED) is 0.464. The van der Waals surface area contributed by atoms with Gasteiger partial charge in [0.25, 0.3) is 0 Å². The van der Waals surface area contributed by atoms with Crippen LogP contribution in [0.1, 0.15) is 59.8 Å². The van der Waals surface area contributed by atoms with E-state index in [4.69, 9.17) is 9.47 Å². The molecule has 0 aromatic heterocycles. The van der Waals surface area contributed by atoms with Gasteiger partial charge in [-0.2, -0.15) is 0 Å². The van der Waals surface area contributed by atoms with E-state index in [9.17, 15) is 9.90 Å². The largest absolute Gasteiger partial charge is 0.466 e. The first-order valence-corrected chi connectivity index (χ1v) is 9.27. The lowest BCUT2D eigenvalue weighted by Gasteiger charge is -2.16. The fourth-order valence-electron chi connectivity index (χ4n) is 3.34. The van der Waals surface area contributed by atoms with Crippen LogP contribution in [0.25, 0.3) is 0 Å². The molecule has 0 aromatic rings. The van der Waals surface area contributed by atoms with Gasteiger partial charge >= 0.3 is 5.97 Å². The summed E-state index contributed by atoms with van der Waals surface area (Å²) in [5.74, 6) is 0.141. The molecular formula is C21H32O4. The molecule has 1 heterocycles. The molecule has 1 N–H and O–H groups in total. The first-order valence-electron chi connectivity index (χ1n) is 9.27. The van der Waals surface area contributed by atoms with Crippen LogP contribution in [0, 0.1) is 5.92 Å². The summed E-state index contributed by atoms with van der Waals surface area (Å²) in [7, 11) is 1.41. The number of aliphatic hydroxyl groups excluding tert-OH is 1. The second kappa shape index (κ2) is 8.33. The number of allylic oxidation sites excluding steroid dienone is 4. The topological polar surface area (TPSA) is 59.1 Å². The van der Waals surface area contributed by atoms with Gasteiger partial charge in [0.2, 0.25) is 0 Å². The predicted molar refractivity (Wildman–Crippen MR) is 99.1 cm³/mol. The molecule has 0 radical (unpaired) electrons. The van der Waals surface area contributed by atoms with Crippen molar-refractivity contribution in [1.82, 2.24) is 0 Å². The van der Waals surface area contributed by atoms with E-state index in [-0.39, 0.29) is 12.1 Å². The summed E-state index contributed by atoms with van der Waals surface area (Å²) in [6, 6.07) is 0. The number of methoxy groups -OCH3 is 1. The maximum Gasteiger partial charge on any atom is 0.333 e. The molecular weight excluding hydrogens is 316 g/mol. The lowest BCUT2D eigenvalue weighted by molar-refractivity contribution is -0.136. The van der Waals surface area contributed by atoms with Crippen LogP contribution < -0.4 is 0 Å². The maximum absolute atomic E-state index is 12.1. The lowest BCUT2D eigenvalue weighted by atomic mass is 9.91. The number of hydrogen-bond acceptors (Lipinski definition) is 4. The summed E-state index contributed by atoms with van der Waals surface area (Å²) >= 11 is 0. The minimum atomic E-state index is -0.513. The fraction of sp³-hybridized carbons (Fsp3) is 0.667. The molecule has 4 nitrogen and oxygen atoms in total. The number of esters is 1. The molecule has 1 saturated heterocycles. The summed E-state index contributed by atoms with van der Waals surface area (Å²) in [6.45, 7) is 8.41. The van der Waals surface area contributed by atoms with E-state index in [1.807, 2.05) is 13.0 Å². The SMILES string of the molecule is COC(=O)/C1=C\C=C(\C(C)C)CC/C(C)=C/C[C@@H](O)[C@]2(C)O[C@H]2CC1. The van der Waals surface area contributed by atoms with Gasteiger partial charge in [0.15, 0.2) is 0 Å². The number of fused-ring (bicyclic) bond motifs is 1. The standard InChI is InChI=1S/C21H32O4/c1-14(2)16-8-6-15(3)7-12-18(22)21(4)19(25-21)13-11-17(10-9-16)20(23)24-5/h7,9-10,14,18-19,22H,6,8,11-13H2,1-5H3/b15-7+,16-9+,17-10-/t18-,19+,21+/m1/s1. The van der Waals surface area contributed by atoms with Crippen LogP contribution in [0.4, 0.5) is 0 Å². The van der Waals surface area contributed by atoms with Crippen LogP contribution in [-0.4, -0.2) is 36.0 Å². The molecule has 1 aliphatic heterocycles. The smallest absolute Gasteiger partial charge is 0.333 e. The molecule has 0 spiro atoms. The third-order valence-electron chi connectivity index (χ3n) is 5.50. The van der Waals surface area contributed by atoms with E-state index in [0.717, 1.165) is 12.8 Å². The first kappa shape index (κ1) is 19.9. The molecule has 2 aliphatic rings. The van der Waals surface area contributed by atoms with Crippen molar-refractivity contribution in [3.8, 4) is 0 Å². The van der Waals surface area contributed by atoms with Crippen molar-refractivity contribution in [2.45, 2.75) is 77.6 Å². The fourth-order valence-corrected chi connectivity index (χ4v) is 3.34. The summed E-state index contributed by atoms with van der Waals surface area (Å²) in [5, 5.41) is 10.5. The minimum Gasteiger partial charge on any atom is -0.466 e. The molecule has 1 aliphatic carbocycles. The van der Waals surface area contributed by atoms with Crippen LogP contribution in [0.5, 0.6) is 0 Å². The Labute approximate surface area is 151 Å². The highest BCUT2D eigenvalue weighted by Gasteiger charge is 2.56. The van der Waals surface area contributed by atoms with Crippen molar-refractivity contribution in [3.63, 3.8) is 0 Å². The third-order valence-corrected chi connectivity index (χ3v) is 5.50. The van der Waals surface area contributed by atoms with Crippen LogP contribution in [0.15, 0.2) is 34.9 Å². The Morgan fingerprint density at radius 2 is 2.04 bits per heavy atom. The number of rotatable bonds is 2. The molecule has 0 aromatic carbocycles. The van der Waals surface area contributed by atoms with Gasteiger partial charge in [-0.1, -0.05) is 43.2 Å². The number of ether oxygens (including phenoxy) is 2. The molecule has 140 valence electrons. The Morgan fingerprint density at radius 3 is 2.68 bits per heavy atom. The lowest BCUT2D eigenvalue weighted by Crippen LogP contribution is -2.28. The average Bonchev–Trinajstić information content (AvgIpc) is 3.25. The molecule has 0 amide bonds. The van der Waals surface area contributed by atoms with E-state index < -0.39 is 11.7 Å². The number of carbonyl (C=O) groups excluding carboxylic acids is 1. The molecule has 0 bridgehead atoms. The first-order chi connectivity index (χ1) is 11.8. The van der Waals surface area contributed by atoms with Gasteiger partial charge < -0.3 is 14.6 Å². The van der Waals surface area contributed by atoms with Crippen LogP contribution in [0.3, 0.4) is 0 Å². The van der Waals surface area contributed by atoms with Crippen LogP contribution in [-0.2, 0) is 14.3 Å². The van der Waals surface area contributed by atoms with Crippen molar-refractivity contribution in [2.75, 3.05) is 7.11 Å². The van der Waals surface area contributed by atoms with Crippen LogP contribution in [0.2, 0.25) is 0 Å². The van der Waals surface area contributed by atoms with E-state index >= 15 is 0 Å². The molecule has 2 rings (SSSR count). The van der Waals surface area contributed by atoms with Gasteiger partial charge in [0.1, 0.15) is 5.60 Å². The van der Waals surface area contributed by atoms with Gasteiger partial charge in [-0.3, -0.25) is 0 Å². The number of epoxide rings is 1. The Morgan fingerprint density at radius 1 is 1.32 bits per heavy atom.